The highest BCUT2D eigenvalue weighted by atomic mass is 32.2. The number of anilines is 1. The van der Waals surface area contributed by atoms with Crippen LogP contribution in [0.25, 0.3) is 10.4 Å². The minimum absolute atomic E-state index is 0.0663. The lowest BCUT2D eigenvalue weighted by molar-refractivity contribution is 0.109. The molecule has 2 fully saturated rings. The second-order valence-corrected chi connectivity index (χ2v) is 15.7. The third-order valence-corrected chi connectivity index (χ3v) is 10.7. The van der Waals surface area contributed by atoms with Gasteiger partial charge in [-0.15, -0.1) is 11.3 Å². The highest BCUT2D eigenvalue weighted by Crippen LogP contribution is 2.40. The first kappa shape index (κ1) is 33.2. The average molecular weight is 635 g/mol. The molecule has 2 aromatic rings. The second kappa shape index (κ2) is 14.4. The number of rotatable bonds is 9. The van der Waals surface area contributed by atoms with Crippen LogP contribution >= 0.6 is 11.3 Å². The molecule has 0 saturated heterocycles. The molecule has 10 nitrogen and oxygen atoms in total. The van der Waals surface area contributed by atoms with E-state index in [0.717, 1.165) is 61.3 Å². The number of carbonyl (C=O) groups is 2. The third kappa shape index (κ3) is 9.90. The molecule has 1 aromatic carbocycles. The van der Waals surface area contributed by atoms with Gasteiger partial charge in [0.2, 0.25) is 10.0 Å². The van der Waals surface area contributed by atoms with Gasteiger partial charge in [0.25, 0.3) is 0 Å². The maximum atomic E-state index is 13.6. The summed E-state index contributed by atoms with van der Waals surface area (Å²) >= 11 is 1.48. The van der Waals surface area contributed by atoms with Crippen molar-refractivity contribution in [2.45, 2.75) is 121 Å². The van der Waals surface area contributed by atoms with Crippen molar-refractivity contribution in [3.8, 4) is 10.4 Å². The summed E-state index contributed by atoms with van der Waals surface area (Å²) in [7, 11) is -3.94. The number of ether oxygens (including phenoxy) is 2. The Morgan fingerprint density at radius 2 is 1.72 bits per heavy atom. The lowest BCUT2D eigenvalue weighted by Crippen LogP contribution is -2.40. The molecule has 3 N–H and O–H groups in total. The van der Waals surface area contributed by atoms with E-state index in [1.807, 2.05) is 13.8 Å². The summed E-state index contributed by atoms with van der Waals surface area (Å²) in [6.07, 6.45) is 9.61. The first-order chi connectivity index (χ1) is 20.3. The van der Waals surface area contributed by atoms with E-state index in [1.165, 1.54) is 23.8 Å². The summed E-state index contributed by atoms with van der Waals surface area (Å²) in [6.45, 7) is 9.37. The van der Waals surface area contributed by atoms with Crippen molar-refractivity contribution in [1.29, 1.82) is 0 Å². The lowest BCUT2D eigenvalue weighted by Gasteiger charge is -2.28. The highest BCUT2D eigenvalue weighted by Gasteiger charge is 2.29. The van der Waals surface area contributed by atoms with Crippen molar-refractivity contribution in [2.75, 3.05) is 11.9 Å². The quantitative estimate of drug-likeness (QED) is 0.266. The molecule has 0 radical (unpaired) electrons. The van der Waals surface area contributed by atoms with E-state index in [4.69, 9.17) is 9.47 Å². The summed E-state index contributed by atoms with van der Waals surface area (Å²) < 4.78 is 40.6. The third-order valence-electron chi connectivity index (χ3n) is 7.66. The molecule has 43 heavy (non-hydrogen) atoms. The zero-order valence-electron chi connectivity index (χ0n) is 25.9. The number of nitrogens with zero attached hydrogens (tertiary/aromatic N) is 1. The summed E-state index contributed by atoms with van der Waals surface area (Å²) in [6, 6.07) is 4.96. The van der Waals surface area contributed by atoms with Crippen LogP contribution in [0, 0.1) is 5.92 Å². The Morgan fingerprint density at radius 3 is 2.37 bits per heavy atom. The lowest BCUT2D eigenvalue weighted by atomic mass is 9.86. The molecule has 2 saturated carbocycles. The van der Waals surface area contributed by atoms with E-state index in [-0.39, 0.29) is 29.1 Å². The van der Waals surface area contributed by atoms with Gasteiger partial charge < -0.3 is 14.8 Å². The second-order valence-electron chi connectivity index (χ2n) is 13.0. The molecule has 2 aliphatic rings. The zero-order valence-corrected chi connectivity index (χ0v) is 27.5. The van der Waals surface area contributed by atoms with Crippen molar-refractivity contribution in [3.05, 3.63) is 29.4 Å². The van der Waals surface area contributed by atoms with Crippen LogP contribution in [0.2, 0.25) is 0 Å². The van der Waals surface area contributed by atoms with Gasteiger partial charge in [-0.25, -0.2) is 27.7 Å². The van der Waals surface area contributed by atoms with E-state index < -0.39 is 21.7 Å². The van der Waals surface area contributed by atoms with E-state index in [2.05, 4.69) is 20.3 Å². The summed E-state index contributed by atoms with van der Waals surface area (Å²) in [4.78, 5) is 30.0. The number of amides is 2. The minimum Gasteiger partial charge on any atom is -0.449 e. The summed E-state index contributed by atoms with van der Waals surface area (Å²) in [5.74, 6) is 0.604. The van der Waals surface area contributed by atoms with Gasteiger partial charge in [-0.1, -0.05) is 25.3 Å². The van der Waals surface area contributed by atoms with E-state index in [0.29, 0.717) is 23.8 Å². The summed E-state index contributed by atoms with van der Waals surface area (Å²) in [5, 5.41) is 6.61. The number of benzene rings is 1. The van der Waals surface area contributed by atoms with Crippen LogP contribution in [0.5, 0.6) is 0 Å². The molecular formula is C31H46N4O6S2. The molecule has 238 valence electrons. The van der Waals surface area contributed by atoms with E-state index in [1.54, 1.807) is 39.1 Å². The van der Waals surface area contributed by atoms with Gasteiger partial charge in [0.15, 0.2) is 0 Å². The first-order valence-corrected chi connectivity index (χ1v) is 17.6. The van der Waals surface area contributed by atoms with Gasteiger partial charge in [-0.2, -0.15) is 0 Å². The van der Waals surface area contributed by atoms with Gasteiger partial charge in [0.05, 0.1) is 27.5 Å². The minimum atomic E-state index is -3.94. The number of sulfonamides is 1. The van der Waals surface area contributed by atoms with Crippen LogP contribution in [-0.4, -0.2) is 49.9 Å². The number of carbonyl (C=O) groups excluding carboxylic acids is 2. The maximum Gasteiger partial charge on any atom is 0.411 e. The molecule has 1 aromatic heterocycles. The fourth-order valence-corrected chi connectivity index (χ4v) is 8.54. The predicted octanol–water partition coefficient (Wildman–Crippen LogP) is 7.18. The average Bonchev–Trinajstić information content (AvgIpc) is 3.41. The number of hydrogen-bond donors (Lipinski definition) is 3. The fraction of sp³-hybridized carbons (Fsp3) is 0.645. The molecule has 0 bridgehead atoms. The van der Waals surface area contributed by atoms with Crippen molar-refractivity contribution < 1.29 is 27.5 Å². The Morgan fingerprint density at radius 1 is 1.02 bits per heavy atom. The molecule has 2 amide bonds. The van der Waals surface area contributed by atoms with Gasteiger partial charge >= 0.3 is 12.2 Å². The maximum absolute atomic E-state index is 13.6. The van der Waals surface area contributed by atoms with E-state index in [9.17, 15) is 18.0 Å². The van der Waals surface area contributed by atoms with Crippen molar-refractivity contribution >= 4 is 39.2 Å². The van der Waals surface area contributed by atoms with Gasteiger partial charge in [0, 0.05) is 34.9 Å². The molecule has 0 unspecified atom stereocenters. The van der Waals surface area contributed by atoms with Crippen LogP contribution < -0.4 is 15.4 Å². The SMILES string of the molecule is CC(C)OC(=O)NC1CCC(c2ncc(-c3ccc(NC(=O)OCC4CCCCC4)cc3S(=O)(=O)NC(C)(C)C)s2)CC1. The van der Waals surface area contributed by atoms with Crippen LogP contribution in [-0.2, 0) is 19.5 Å². The Balaban J connectivity index is 1.48. The van der Waals surface area contributed by atoms with Crippen LogP contribution in [0.1, 0.15) is 103 Å². The molecule has 12 heteroatoms. The summed E-state index contributed by atoms with van der Waals surface area (Å²) in [5.41, 5.74) is 0.164. The predicted molar refractivity (Wildman–Crippen MR) is 169 cm³/mol. The largest absolute Gasteiger partial charge is 0.449 e. The first-order valence-electron chi connectivity index (χ1n) is 15.3. The standard InChI is InChI=1S/C31H46N4O6S2/c1-20(2)41-30(37)33-23-13-11-22(12-14-23)28-32-18-26(42-28)25-16-15-24(17-27(25)43(38,39)35-31(3,4)5)34-29(36)40-19-21-9-7-6-8-10-21/h15-18,20-23,35H,6-14,19H2,1-5H3,(H,33,37)(H,34,36). The smallest absolute Gasteiger partial charge is 0.411 e. The van der Waals surface area contributed by atoms with Crippen molar-refractivity contribution in [2.24, 2.45) is 5.92 Å². The number of hydrogen-bond acceptors (Lipinski definition) is 8. The Kier molecular flexibility index (Phi) is 11.1. The van der Waals surface area contributed by atoms with Crippen LogP contribution in [0.4, 0.5) is 15.3 Å². The fourth-order valence-electron chi connectivity index (χ4n) is 5.69. The Hall–Kier alpha value is -2.70. The molecule has 4 rings (SSSR count). The van der Waals surface area contributed by atoms with Crippen LogP contribution in [0.15, 0.2) is 29.3 Å². The van der Waals surface area contributed by atoms with Crippen molar-refractivity contribution in [1.82, 2.24) is 15.0 Å². The monoisotopic (exact) mass is 634 g/mol. The molecule has 2 aliphatic carbocycles. The highest BCUT2D eigenvalue weighted by molar-refractivity contribution is 7.89. The van der Waals surface area contributed by atoms with E-state index >= 15 is 0 Å². The molecule has 1 heterocycles. The molecular weight excluding hydrogens is 588 g/mol. The van der Waals surface area contributed by atoms with Crippen LogP contribution in [0.3, 0.4) is 0 Å². The van der Waals surface area contributed by atoms with Gasteiger partial charge in [-0.05, 0) is 91.2 Å². The number of nitrogens with one attached hydrogen (secondary N) is 3. The molecule has 0 spiro atoms. The Labute approximate surface area is 259 Å². The number of thiazole rings is 1. The van der Waals surface area contributed by atoms with Crippen molar-refractivity contribution in [3.63, 3.8) is 0 Å². The number of alkyl carbamates (subject to hydrolysis) is 1. The molecule has 0 atom stereocenters. The van der Waals surface area contributed by atoms with Gasteiger partial charge in [-0.3, -0.25) is 5.32 Å². The molecule has 0 aliphatic heterocycles. The zero-order chi connectivity index (χ0) is 31.2. The topological polar surface area (TPSA) is 136 Å². The van der Waals surface area contributed by atoms with Gasteiger partial charge in [0.1, 0.15) is 0 Å². The number of aromatic nitrogens is 1. The normalized spacial score (nSPS) is 20.0. The Bertz CT molecular complexity index is 1350.